The summed E-state index contributed by atoms with van der Waals surface area (Å²) in [6, 6.07) is 8.35. The molecule has 1 atom stereocenters. The molecule has 0 aromatic heterocycles. The minimum absolute atomic E-state index is 0.271. The Morgan fingerprint density at radius 1 is 1.31 bits per heavy atom. The van der Waals surface area contributed by atoms with Crippen molar-refractivity contribution in [3.63, 3.8) is 0 Å². The monoisotopic (exact) mass is 282 g/mol. The van der Waals surface area contributed by atoms with Crippen LogP contribution in [0.4, 0.5) is 0 Å². The molecular weight excluding hydrogens is 264 g/mol. The van der Waals surface area contributed by atoms with Crippen LogP contribution in [0.1, 0.15) is 43.6 Å². The van der Waals surface area contributed by atoms with Gasteiger partial charge in [0.15, 0.2) is 0 Å². The summed E-state index contributed by atoms with van der Waals surface area (Å²) in [5, 5.41) is 9.52. The SMILES string of the molecule is OCC(CC1CCCC1)c1cccc(Br)c1. The molecule has 1 N–H and O–H groups in total. The van der Waals surface area contributed by atoms with Gasteiger partial charge in [-0.3, -0.25) is 0 Å². The van der Waals surface area contributed by atoms with Gasteiger partial charge in [-0.2, -0.15) is 0 Å². The molecule has 0 spiro atoms. The van der Waals surface area contributed by atoms with E-state index in [0.717, 1.165) is 16.8 Å². The minimum Gasteiger partial charge on any atom is -0.396 e. The van der Waals surface area contributed by atoms with Gasteiger partial charge < -0.3 is 5.11 Å². The number of benzene rings is 1. The third-order valence-corrected chi connectivity index (χ3v) is 4.13. The number of rotatable bonds is 4. The largest absolute Gasteiger partial charge is 0.396 e. The molecule has 1 fully saturated rings. The van der Waals surface area contributed by atoms with Gasteiger partial charge in [0.05, 0.1) is 0 Å². The van der Waals surface area contributed by atoms with E-state index in [0.29, 0.717) is 5.92 Å². The summed E-state index contributed by atoms with van der Waals surface area (Å²) in [6.45, 7) is 0.271. The fraction of sp³-hybridized carbons (Fsp3) is 0.571. The van der Waals surface area contributed by atoms with Gasteiger partial charge in [0.25, 0.3) is 0 Å². The van der Waals surface area contributed by atoms with Crippen molar-refractivity contribution in [2.75, 3.05) is 6.61 Å². The average Bonchev–Trinajstić information content (AvgIpc) is 2.78. The first-order valence-corrected chi connectivity index (χ1v) is 6.95. The lowest BCUT2D eigenvalue weighted by molar-refractivity contribution is 0.244. The van der Waals surface area contributed by atoms with Crippen molar-refractivity contribution in [2.24, 2.45) is 5.92 Å². The molecule has 0 radical (unpaired) electrons. The fourth-order valence-corrected chi connectivity index (χ4v) is 3.14. The maximum atomic E-state index is 9.52. The summed E-state index contributed by atoms with van der Waals surface area (Å²) in [6.07, 6.45) is 6.60. The van der Waals surface area contributed by atoms with Crippen molar-refractivity contribution in [3.05, 3.63) is 34.3 Å². The summed E-state index contributed by atoms with van der Waals surface area (Å²) < 4.78 is 1.11. The van der Waals surface area contributed by atoms with E-state index in [1.54, 1.807) is 0 Å². The first kappa shape index (κ1) is 12.1. The second-order valence-electron chi connectivity index (χ2n) is 4.82. The van der Waals surface area contributed by atoms with E-state index < -0.39 is 0 Å². The van der Waals surface area contributed by atoms with Gasteiger partial charge in [-0.05, 0) is 30.0 Å². The van der Waals surface area contributed by atoms with Crippen molar-refractivity contribution in [3.8, 4) is 0 Å². The Hall–Kier alpha value is -0.340. The number of hydrogen-bond donors (Lipinski definition) is 1. The highest BCUT2D eigenvalue weighted by Gasteiger charge is 2.20. The van der Waals surface area contributed by atoms with Crippen molar-refractivity contribution < 1.29 is 5.11 Å². The Balaban J connectivity index is 2.03. The Labute approximate surface area is 106 Å². The molecule has 2 rings (SSSR count). The van der Waals surface area contributed by atoms with Gasteiger partial charge in [0.2, 0.25) is 0 Å². The van der Waals surface area contributed by atoms with Crippen LogP contribution in [0.3, 0.4) is 0 Å². The van der Waals surface area contributed by atoms with Gasteiger partial charge >= 0.3 is 0 Å². The summed E-state index contributed by atoms with van der Waals surface area (Å²) in [7, 11) is 0. The van der Waals surface area contributed by atoms with Crippen molar-refractivity contribution in [2.45, 2.75) is 38.0 Å². The molecule has 0 amide bonds. The highest BCUT2D eigenvalue weighted by atomic mass is 79.9. The smallest absolute Gasteiger partial charge is 0.0499 e. The zero-order valence-corrected chi connectivity index (χ0v) is 11.1. The lowest BCUT2D eigenvalue weighted by Crippen LogP contribution is -2.09. The van der Waals surface area contributed by atoms with Crippen LogP contribution in [0.15, 0.2) is 28.7 Å². The van der Waals surface area contributed by atoms with Crippen LogP contribution in [0, 0.1) is 5.92 Å². The average molecular weight is 283 g/mol. The molecule has 1 unspecified atom stereocenters. The number of hydrogen-bond acceptors (Lipinski definition) is 1. The maximum absolute atomic E-state index is 9.52. The van der Waals surface area contributed by atoms with Crippen molar-refractivity contribution >= 4 is 15.9 Å². The molecule has 2 heteroatoms. The Morgan fingerprint density at radius 2 is 2.06 bits per heavy atom. The zero-order chi connectivity index (χ0) is 11.4. The molecule has 1 aromatic rings. The molecule has 0 heterocycles. The fourth-order valence-electron chi connectivity index (χ4n) is 2.72. The van der Waals surface area contributed by atoms with Gasteiger partial charge in [0.1, 0.15) is 0 Å². The summed E-state index contributed by atoms with van der Waals surface area (Å²) in [5.41, 5.74) is 1.27. The molecule has 1 aromatic carbocycles. The number of halogens is 1. The topological polar surface area (TPSA) is 20.2 Å². The van der Waals surface area contributed by atoms with Crippen molar-refractivity contribution in [1.29, 1.82) is 0 Å². The summed E-state index contributed by atoms with van der Waals surface area (Å²) in [4.78, 5) is 0. The van der Waals surface area contributed by atoms with E-state index in [9.17, 15) is 5.11 Å². The number of aliphatic hydroxyl groups excluding tert-OH is 1. The van der Waals surface area contributed by atoms with Gasteiger partial charge in [-0.15, -0.1) is 0 Å². The molecular formula is C14H19BrO. The zero-order valence-electron chi connectivity index (χ0n) is 9.53. The van der Waals surface area contributed by atoms with Crippen LogP contribution in [0.25, 0.3) is 0 Å². The first-order chi connectivity index (χ1) is 7.79. The predicted octanol–water partition coefficient (Wildman–Crippen LogP) is 4.11. The lowest BCUT2D eigenvalue weighted by atomic mass is 9.88. The third-order valence-electron chi connectivity index (χ3n) is 3.63. The minimum atomic E-state index is 0.271. The quantitative estimate of drug-likeness (QED) is 0.881. The van der Waals surface area contributed by atoms with Crippen LogP contribution >= 0.6 is 15.9 Å². The molecule has 1 aliphatic rings. The first-order valence-electron chi connectivity index (χ1n) is 6.16. The number of aliphatic hydroxyl groups is 1. The highest BCUT2D eigenvalue weighted by molar-refractivity contribution is 9.10. The molecule has 0 aliphatic heterocycles. The normalized spacial score (nSPS) is 18.9. The van der Waals surface area contributed by atoms with E-state index in [1.807, 2.05) is 6.07 Å². The van der Waals surface area contributed by atoms with E-state index in [4.69, 9.17) is 0 Å². The van der Waals surface area contributed by atoms with E-state index in [1.165, 1.54) is 31.2 Å². The molecule has 1 saturated carbocycles. The lowest BCUT2D eigenvalue weighted by Gasteiger charge is -2.19. The van der Waals surface area contributed by atoms with Crippen LogP contribution in [-0.2, 0) is 0 Å². The second-order valence-corrected chi connectivity index (χ2v) is 5.74. The standard InChI is InChI=1S/C14H19BrO/c15-14-7-3-6-12(9-14)13(10-16)8-11-4-1-2-5-11/h3,6-7,9,11,13,16H,1-2,4-5,8,10H2. The van der Waals surface area contributed by atoms with Gasteiger partial charge in [-0.25, -0.2) is 0 Å². The molecule has 1 nitrogen and oxygen atoms in total. The molecule has 0 saturated heterocycles. The van der Waals surface area contributed by atoms with E-state index >= 15 is 0 Å². The van der Waals surface area contributed by atoms with Crippen molar-refractivity contribution in [1.82, 2.24) is 0 Å². The van der Waals surface area contributed by atoms with Crippen LogP contribution < -0.4 is 0 Å². The predicted molar refractivity (Wildman–Crippen MR) is 70.5 cm³/mol. The molecule has 88 valence electrons. The maximum Gasteiger partial charge on any atom is 0.0499 e. The van der Waals surface area contributed by atoms with Crippen LogP contribution in [-0.4, -0.2) is 11.7 Å². The van der Waals surface area contributed by atoms with Gasteiger partial charge in [-0.1, -0.05) is 53.7 Å². The molecule has 1 aliphatic carbocycles. The summed E-state index contributed by atoms with van der Waals surface area (Å²) in [5.74, 6) is 1.15. The second kappa shape index (κ2) is 5.83. The molecule has 0 bridgehead atoms. The Morgan fingerprint density at radius 3 is 2.69 bits per heavy atom. The Bertz CT molecular complexity index is 331. The highest BCUT2D eigenvalue weighted by Crippen LogP contribution is 2.34. The van der Waals surface area contributed by atoms with E-state index in [2.05, 4.69) is 34.1 Å². The third kappa shape index (κ3) is 3.08. The molecule has 16 heavy (non-hydrogen) atoms. The van der Waals surface area contributed by atoms with Crippen LogP contribution in [0.2, 0.25) is 0 Å². The van der Waals surface area contributed by atoms with Crippen LogP contribution in [0.5, 0.6) is 0 Å². The van der Waals surface area contributed by atoms with Gasteiger partial charge in [0, 0.05) is 17.0 Å². The Kier molecular flexibility index (Phi) is 4.42. The van der Waals surface area contributed by atoms with E-state index in [-0.39, 0.29) is 6.61 Å². The summed E-state index contributed by atoms with van der Waals surface area (Å²) >= 11 is 3.49.